The number of nitrogens with zero attached hydrogens (tertiary/aromatic N) is 2. The lowest BCUT2D eigenvalue weighted by Crippen LogP contribution is -2.48. The van der Waals surface area contributed by atoms with Crippen LogP contribution >= 0.6 is 0 Å². The average molecular weight is 248 g/mol. The van der Waals surface area contributed by atoms with Crippen LogP contribution in [0.2, 0.25) is 0 Å². The molecule has 1 fully saturated rings. The van der Waals surface area contributed by atoms with Crippen molar-refractivity contribution in [1.29, 1.82) is 0 Å². The summed E-state index contributed by atoms with van der Waals surface area (Å²) in [5, 5.41) is 9.14. The lowest BCUT2D eigenvalue weighted by atomic mass is 10.0. The van der Waals surface area contributed by atoms with E-state index in [4.69, 9.17) is 5.11 Å². The number of piperidine rings is 1. The highest BCUT2D eigenvalue weighted by molar-refractivity contribution is 5.95. The molecule has 0 aromatic carbocycles. The van der Waals surface area contributed by atoms with Crippen molar-refractivity contribution in [3.05, 3.63) is 29.6 Å². The molecule has 96 valence electrons. The molecule has 1 amide bonds. The van der Waals surface area contributed by atoms with Crippen LogP contribution in [0, 0.1) is 6.92 Å². The van der Waals surface area contributed by atoms with Crippen LogP contribution in [-0.4, -0.2) is 39.5 Å². The van der Waals surface area contributed by atoms with Crippen molar-refractivity contribution in [2.45, 2.75) is 32.2 Å². The van der Waals surface area contributed by atoms with E-state index >= 15 is 0 Å². The first-order valence-corrected chi connectivity index (χ1v) is 6.07. The third kappa shape index (κ3) is 2.50. The van der Waals surface area contributed by atoms with E-state index in [0.717, 1.165) is 18.5 Å². The van der Waals surface area contributed by atoms with Gasteiger partial charge in [-0.05, 0) is 38.3 Å². The molecule has 1 aliphatic rings. The van der Waals surface area contributed by atoms with E-state index < -0.39 is 12.0 Å². The number of hydrogen-bond donors (Lipinski definition) is 1. The zero-order valence-corrected chi connectivity index (χ0v) is 10.3. The molecule has 0 saturated carbocycles. The van der Waals surface area contributed by atoms with Gasteiger partial charge in [0.15, 0.2) is 0 Å². The predicted molar refractivity (Wildman–Crippen MR) is 65.3 cm³/mol. The summed E-state index contributed by atoms with van der Waals surface area (Å²) in [5.41, 5.74) is 1.08. The van der Waals surface area contributed by atoms with Gasteiger partial charge in [0.2, 0.25) is 0 Å². The number of hydrogen-bond acceptors (Lipinski definition) is 3. The minimum atomic E-state index is -0.935. The molecule has 2 rings (SSSR count). The van der Waals surface area contributed by atoms with Crippen LogP contribution in [0.5, 0.6) is 0 Å². The monoisotopic (exact) mass is 248 g/mol. The SMILES string of the molecule is Cc1cccc(C(=O)N2CCCC[C@H]2C(=O)O)n1. The number of likely N-dealkylation sites (tertiary alicyclic amines) is 1. The lowest BCUT2D eigenvalue weighted by Gasteiger charge is -2.32. The van der Waals surface area contributed by atoms with Crippen molar-refractivity contribution in [3.63, 3.8) is 0 Å². The van der Waals surface area contributed by atoms with Gasteiger partial charge >= 0.3 is 5.97 Å². The molecule has 1 saturated heterocycles. The number of rotatable bonds is 2. The second-order valence-electron chi connectivity index (χ2n) is 4.51. The first kappa shape index (κ1) is 12.5. The number of aryl methyl sites for hydroxylation is 1. The zero-order valence-electron chi connectivity index (χ0n) is 10.3. The number of carboxylic acid groups (broad SMARTS) is 1. The summed E-state index contributed by atoms with van der Waals surface area (Å²) in [6, 6.07) is 4.48. The number of aromatic nitrogens is 1. The Balaban J connectivity index is 2.23. The minimum Gasteiger partial charge on any atom is -0.480 e. The summed E-state index contributed by atoms with van der Waals surface area (Å²) in [6.45, 7) is 2.30. The van der Waals surface area contributed by atoms with Gasteiger partial charge in [-0.25, -0.2) is 9.78 Å². The third-order valence-corrected chi connectivity index (χ3v) is 3.16. The highest BCUT2D eigenvalue weighted by atomic mass is 16.4. The fourth-order valence-corrected chi connectivity index (χ4v) is 2.24. The van der Waals surface area contributed by atoms with Gasteiger partial charge in [-0.2, -0.15) is 0 Å². The molecule has 0 unspecified atom stereocenters. The number of carboxylic acids is 1. The second-order valence-corrected chi connectivity index (χ2v) is 4.51. The summed E-state index contributed by atoms with van der Waals surface area (Å²) in [4.78, 5) is 29.0. The van der Waals surface area contributed by atoms with Crippen LogP contribution in [0.15, 0.2) is 18.2 Å². The van der Waals surface area contributed by atoms with Crippen molar-refractivity contribution in [2.24, 2.45) is 0 Å². The first-order chi connectivity index (χ1) is 8.59. The van der Waals surface area contributed by atoms with Crippen LogP contribution in [0.1, 0.15) is 35.4 Å². The fraction of sp³-hybridized carbons (Fsp3) is 0.462. The Hall–Kier alpha value is -1.91. The fourth-order valence-electron chi connectivity index (χ4n) is 2.24. The molecular formula is C13H16N2O3. The van der Waals surface area contributed by atoms with E-state index in [9.17, 15) is 9.59 Å². The Kier molecular flexibility index (Phi) is 3.60. The zero-order chi connectivity index (χ0) is 13.1. The molecule has 0 radical (unpaired) electrons. The largest absolute Gasteiger partial charge is 0.480 e. The van der Waals surface area contributed by atoms with Gasteiger partial charge in [-0.3, -0.25) is 4.79 Å². The van der Waals surface area contributed by atoms with Crippen molar-refractivity contribution in [3.8, 4) is 0 Å². The van der Waals surface area contributed by atoms with Gasteiger partial charge in [-0.1, -0.05) is 6.07 Å². The van der Waals surface area contributed by atoms with Crippen LogP contribution in [-0.2, 0) is 4.79 Å². The number of pyridine rings is 1. The Labute approximate surface area is 105 Å². The molecule has 1 aromatic rings. The summed E-state index contributed by atoms with van der Waals surface area (Å²) in [6.07, 6.45) is 2.22. The highest BCUT2D eigenvalue weighted by Crippen LogP contribution is 2.19. The van der Waals surface area contributed by atoms with Crippen LogP contribution in [0.4, 0.5) is 0 Å². The Morgan fingerprint density at radius 3 is 2.83 bits per heavy atom. The second kappa shape index (κ2) is 5.16. The van der Waals surface area contributed by atoms with Crippen molar-refractivity contribution in [1.82, 2.24) is 9.88 Å². The Morgan fingerprint density at radius 1 is 1.39 bits per heavy atom. The molecule has 2 heterocycles. The summed E-state index contributed by atoms with van der Waals surface area (Å²) < 4.78 is 0. The highest BCUT2D eigenvalue weighted by Gasteiger charge is 2.32. The van der Waals surface area contributed by atoms with Crippen LogP contribution < -0.4 is 0 Å². The Morgan fingerprint density at radius 2 is 2.17 bits per heavy atom. The van der Waals surface area contributed by atoms with E-state index in [1.165, 1.54) is 4.90 Å². The standard InChI is InChI=1S/C13H16N2O3/c1-9-5-4-6-10(14-9)12(16)15-8-3-2-7-11(15)13(17)18/h4-6,11H,2-3,7-8H2,1H3,(H,17,18)/t11-/m0/s1. The molecule has 0 spiro atoms. The van der Waals surface area contributed by atoms with Crippen molar-refractivity contribution in [2.75, 3.05) is 6.54 Å². The van der Waals surface area contributed by atoms with Gasteiger partial charge in [0.05, 0.1) is 0 Å². The van der Waals surface area contributed by atoms with Gasteiger partial charge in [0, 0.05) is 12.2 Å². The number of carbonyl (C=O) groups excluding carboxylic acids is 1. The maximum atomic E-state index is 12.3. The smallest absolute Gasteiger partial charge is 0.326 e. The van der Waals surface area contributed by atoms with Gasteiger partial charge in [-0.15, -0.1) is 0 Å². The number of aliphatic carboxylic acids is 1. The van der Waals surface area contributed by atoms with E-state index in [1.54, 1.807) is 12.1 Å². The van der Waals surface area contributed by atoms with Gasteiger partial charge in [0.25, 0.3) is 5.91 Å². The Bertz CT molecular complexity index is 473. The molecule has 18 heavy (non-hydrogen) atoms. The molecule has 0 aliphatic carbocycles. The summed E-state index contributed by atoms with van der Waals surface area (Å²) >= 11 is 0. The molecular weight excluding hydrogens is 232 g/mol. The predicted octanol–water partition coefficient (Wildman–Crippen LogP) is 1.47. The number of carbonyl (C=O) groups is 2. The normalized spacial score (nSPS) is 19.6. The molecule has 1 N–H and O–H groups in total. The molecule has 1 aromatic heterocycles. The van der Waals surface area contributed by atoms with Gasteiger partial charge < -0.3 is 10.0 Å². The maximum Gasteiger partial charge on any atom is 0.326 e. The summed E-state index contributed by atoms with van der Waals surface area (Å²) in [7, 11) is 0. The van der Waals surface area contributed by atoms with Crippen molar-refractivity contribution >= 4 is 11.9 Å². The van der Waals surface area contributed by atoms with E-state index in [1.807, 2.05) is 13.0 Å². The van der Waals surface area contributed by atoms with E-state index in [2.05, 4.69) is 4.98 Å². The van der Waals surface area contributed by atoms with E-state index in [-0.39, 0.29) is 5.91 Å². The summed E-state index contributed by atoms with van der Waals surface area (Å²) in [5.74, 6) is -1.22. The van der Waals surface area contributed by atoms with Crippen LogP contribution in [0.25, 0.3) is 0 Å². The molecule has 1 atom stereocenters. The van der Waals surface area contributed by atoms with E-state index in [0.29, 0.717) is 18.7 Å². The van der Waals surface area contributed by atoms with Crippen molar-refractivity contribution < 1.29 is 14.7 Å². The maximum absolute atomic E-state index is 12.3. The quantitative estimate of drug-likeness (QED) is 0.860. The minimum absolute atomic E-state index is 0.286. The lowest BCUT2D eigenvalue weighted by molar-refractivity contribution is -0.143. The third-order valence-electron chi connectivity index (χ3n) is 3.16. The molecule has 5 heteroatoms. The van der Waals surface area contributed by atoms with Crippen LogP contribution in [0.3, 0.4) is 0 Å². The first-order valence-electron chi connectivity index (χ1n) is 6.07. The average Bonchev–Trinajstić information content (AvgIpc) is 2.38. The topological polar surface area (TPSA) is 70.5 Å². The molecule has 1 aliphatic heterocycles. The van der Waals surface area contributed by atoms with Gasteiger partial charge in [0.1, 0.15) is 11.7 Å². The molecule has 0 bridgehead atoms. The molecule has 5 nitrogen and oxygen atoms in total. The number of amides is 1.